The first-order valence-corrected chi connectivity index (χ1v) is 10.6. The number of carboxylic acid groups (broad SMARTS) is 1. The quantitative estimate of drug-likeness (QED) is 0.607. The zero-order valence-electron chi connectivity index (χ0n) is 19.1. The zero-order chi connectivity index (χ0) is 26.1. The molecule has 190 valence electrons. The van der Waals surface area contributed by atoms with E-state index in [4.69, 9.17) is 4.74 Å². The molecule has 0 saturated carbocycles. The van der Waals surface area contributed by atoms with Gasteiger partial charge in [0.1, 0.15) is 17.9 Å². The third-order valence-electron chi connectivity index (χ3n) is 5.01. The van der Waals surface area contributed by atoms with Crippen molar-refractivity contribution in [1.29, 1.82) is 0 Å². The number of likely N-dealkylation sites (tertiary alicyclic amines) is 1. The average molecular weight is 500 g/mol. The van der Waals surface area contributed by atoms with E-state index in [0.29, 0.717) is 0 Å². The van der Waals surface area contributed by atoms with E-state index in [1.165, 1.54) is 6.20 Å². The topological polar surface area (TPSA) is 114 Å². The highest BCUT2D eigenvalue weighted by Crippen LogP contribution is 2.29. The molecule has 0 unspecified atom stereocenters. The first kappa shape index (κ1) is 26.0. The van der Waals surface area contributed by atoms with Crippen LogP contribution in [0, 0.1) is 0 Å². The van der Waals surface area contributed by atoms with E-state index >= 15 is 0 Å². The van der Waals surface area contributed by atoms with Gasteiger partial charge in [-0.3, -0.25) is 9.69 Å². The Bertz CT molecular complexity index is 1110. The van der Waals surface area contributed by atoms with Crippen molar-refractivity contribution >= 4 is 18.0 Å². The smallest absolute Gasteiger partial charge is 0.416 e. The molecule has 2 atom stereocenters. The Morgan fingerprint density at radius 2 is 1.80 bits per heavy atom. The molecule has 3 rings (SSSR count). The van der Waals surface area contributed by atoms with Gasteiger partial charge in [0.15, 0.2) is 5.69 Å². The van der Waals surface area contributed by atoms with Crippen LogP contribution < -0.4 is 5.32 Å². The summed E-state index contributed by atoms with van der Waals surface area (Å²) in [5, 5.41) is 15.8. The van der Waals surface area contributed by atoms with Crippen LogP contribution in [0.2, 0.25) is 0 Å². The van der Waals surface area contributed by atoms with E-state index in [2.05, 4.69) is 10.4 Å². The maximum Gasteiger partial charge on any atom is 0.416 e. The first-order chi connectivity index (χ1) is 16.1. The molecule has 1 aromatic carbocycles. The summed E-state index contributed by atoms with van der Waals surface area (Å²) >= 11 is 0. The first-order valence-electron chi connectivity index (χ1n) is 10.6. The number of nitrogens with zero attached hydrogens (tertiary/aromatic N) is 3. The third-order valence-corrected chi connectivity index (χ3v) is 5.01. The van der Waals surface area contributed by atoms with Crippen LogP contribution in [0.25, 0.3) is 5.69 Å². The molecule has 2 aromatic rings. The van der Waals surface area contributed by atoms with Crippen molar-refractivity contribution in [3.05, 3.63) is 47.3 Å². The Morgan fingerprint density at radius 1 is 1.17 bits per heavy atom. The fourth-order valence-corrected chi connectivity index (χ4v) is 3.51. The molecule has 2 amide bonds. The van der Waals surface area contributed by atoms with Crippen LogP contribution in [-0.4, -0.2) is 62.2 Å². The monoisotopic (exact) mass is 500 g/mol. The zero-order valence-corrected chi connectivity index (χ0v) is 19.1. The maximum absolute atomic E-state index is 14.0. The second-order valence-electron chi connectivity index (χ2n) is 9.02. The number of aromatic carboxylic acids is 1. The van der Waals surface area contributed by atoms with Gasteiger partial charge in [-0.05, 0) is 45.0 Å². The number of carbonyl (C=O) groups excluding carboxylic acids is 2. The number of carboxylic acids is 1. The van der Waals surface area contributed by atoms with Crippen molar-refractivity contribution in [1.82, 2.24) is 20.0 Å². The minimum atomic E-state index is -4.54. The van der Waals surface area contributed by atoms with Crippen LogP contribution in [-0.2, 0) is 22.1 Å². The van der Waals surface area contributed by atoms with Crippen molar-refractivity contribution in [2.75, 3.05) is 6.54 Å². The summed E-state index contributed by atoms with van der Waals surface area (Å²) in [7, 11) is 0. The molecule has 13 heteroatoms. The number of ether oxygens (including phenoxy) is 1. The number of hydrogen-bond donors (Lipinski definition) is 2. The average Bonchev–Trinajstić information content (AvgIpc) is 3.29. The van der Waals surface area contributed by atoms with Gasteiger partial charge in [0.25, 0.3) is 0 Å². The second kappa shape index (κ2) is 9.55. The highest BCUT2D eigenvalue weighted by atomic mass is 19.4. The number of benzene rings is 1. The maximum atomic E-state index is 14.0. The summed E-state index contributed by atoms with van der Waals surface area (Å²) in [4.78, 5) is 37.7. The minimum absolute atomic E-state index is 0.0199. The van der Waals surface area contributed by atoms with Gasteiger partial charge in [-0.1, -0.05) is 0 Å². The van der Waals surface area contributed by atoms with E-state index in [0.717, 1.165) is 33.8 Å². The summed E-state index contributed by atoms with van der Waals surface area (Å²) in [5.74, 6) is -2.15. The molecular formula is C22H24F4N4O5. The van der Waals surface area contributed by atoms with Gasteiger partial charge < -0.3 is 15.2 Å². The fourth-order valence-electron chi connectivity index (χ4n) is 3.51. The summed E-state index contributed by atoms with van der Waals surface area (Å²) in [6.07, 6.45) is -7.15. The lowest BCUT2D eigenvalue weighted by atomic mass is 10.1. The molecule has 35 heavy (non-hydrogen) atoms. The molecule has 0 bridgehead atoms. The number of hydrogen-bond acceptors (Lipinski definition) is 5. The highest BCUT2D eigenvalue weighted by Gasteiger charge is 2.38. The van der Waals surface area contributed by atoms with Crippen LogP contribution in [0.3, 0.4) is 0 Å². The Kier molecular flexibility index (Phi) is 7.08. The molecule has 0 aliphatic carbocycles. The number of halogens is 4. The number of aromatic nitrogens is 2. The number of carbonyl (C=O) groups is 3. The van der Waals surface area contributed by atoms with Crippen LogP contribution in [0.5, 0.6) is 0 Å². The van der Waals surface area contributed by atoms with Crippen LogP contribution in [0.1, 0.15) is 48.8 Å². The molecule has 1 aliphatic rings. The normalized spacial score (nSPS) is 18.4. The summed E-state index contributed by atoms with van der Waals surface area (Å²) in [6, 6.07) is 3.87. The molecule has 2 N–H and O–H groups in total. The fraction of sp³-hybridized carbons (Fsp3) is 0.455. The largest absolute Gasteiger partial charge is 0.476 e. The van der Waals surface area contributed by atoms with Gasteiger partial charge in [-0.2, -0.15) is 18.3 Å². The molecule has 2 heterocycles. The molecule has 1 saturated heterocycles. The molecule has 0 spiro atoms. The van der Waals surface area contributed by atoms with Crippen LogP contribution in [0.15, 0.2) is 30.5 Å². The molecule has 1 fully saturated rings. The number of rotatable bonds is 5. The Morgan fingerprint density at radius 3 is 2.34 bits per heavy atom. The lowest BCUT2D eigenvalue weighted by Gasteiger charge is -2.28. The van der Waals surface area contributed by atoms with Gasteiger partial charge in [-0.15, -0.1) is 0 Å². The van der Waals surface area contributed by atoms with Crippen molar-refractivity contribution in [2.45, 2.75) is 57.7 Å². The van der Waals surface area contributed by atoms with E-state index in [-0.39, 0.29) is 24.2 Å². The molecule has 1 aromatic heterocycles. The van der Waals surface area contributed by atoms with Gasteiger partial charge >= 0.3 is 18.2 Å². The molecule has 1 aliphatic heterocycles. The van der Waals surface area contributed by atoms with Gasteiger partial charge in [-0.25, -0.2) is 18.7 Å². The Labute approximate surface area is 197 Å². The van der Waals surface area contributed by atoms with Gasteiger partial charge in [0.05, 0.1) is 24.2 Å². The van der Waals surface area contributed by atoms with E-state index in [1.54, 1.807) is 20.8 Å². The molecule has 9 nitrogen and oxygen atoms in total. The molecular weight excluding hydrogens is 476 g/mol. The molecule has 0 radical (unpaired) electrons. The minimum Gasteiger partial charge on any atom is -0.476 e. The Balaban J connectivity index is 1.75. The van der Waals surface area contributed by atoms with Crippen molar-refractivity contribution < 1.29 is 41.8 Å². The summed E-state index contributed by atoms with van der Waals surface area (Å²) in [6.45, 7) is 4.65. The highest BCUT2D eigenvalue weighted by molar-refractivity contribution is 5.90. The number of alkyl halides is 4. The van der Waals surface area contributed by atoms with Crippen molar-refractivity contribution in [3.8, 4) is 5.69 Å². The van der Waals surface area contributed by atoms with Crippen molar-refractivity contribution in [2.24, 2.45) is 0 Å². The van der Waals surface area contributed by atoms with E-state index < -0.39 is 59.8 Å². The van der Waals surface area contributed by atoms with Gasteiger partial charge in [0.2, 0.25) is 5.91 Å². The van der Waals surface area contributed by atoms with Crippen LogP contribution in [0.4, 0.5) is 22.4 Å². The van der Waals surface area contributed by atoms with Crippen LogP contribution >= 0.6 is 0 Å². The predicted molar refractivity (Wildman–Crippen MR) is 114 cm³/mol. The number of amides is 2. The summed E-state index contributed by atoms with van der Waals surface area (Å²) < 4.78 is 58.6. The lowest BCUT2D eigenvalue weighted by Crippen LogP contribution is -2.49. The second-order valence-corrected chi connectivity index (χ2v) is 9.02. The number of nitrogens with one attached hydrogen (secondary N) is 1. The Hall–Kier alpha value is -3.64. The third kappa shape index (κ3) is 6.49. The van der Waals surface area contributed by atoms with Gasteiger partial charge in [0, 0.05) is 18.2 Å². The standard InChI is InChI=1S/C22H24F4N4O5/c1-21(2,3)35-20(34)29-11-14(23)9-16(29)27-17(31)8-12-10-30(28-18(12)19(32)33)15-6-4-13(5-7-15)22(24,25)26/h4-7,10,14,16H,8-9,11H2,1-3H3,(H,27,31)(H,32,33)/t14-,16+/m1/s1. The lowest BCUT2D eigenvalue weighted by molar-refractivity contribution is -0.137. The van der Waals surface area contributed by atoms with E-state index in [1.807, 2.05) is 0 Å². The summed E-state index contributed by atoms with van der Waals surface area (Å²) in [5.41, 5.74) is -2.06. The predicted octanol–water partition coefficient (Wildman–Crippen LogP) is 3.55. The van der Waals surface area contributed by atoms with Crippen molar-refractivity contribution in [3.63, 3.8) is 0 Å². The SMILES string of the molecule is CC(C)(C)OC(=O)N1C[C@H](F)C[C@H]1NC(=O)Cc1cn(-c2ccc(C(F)(F)F)cc2)nc1C(=O)O. The van der Waals surface area contributed by atoms with E-state index in [9.17, 15) is 37.1 Å².